The van der Waals surface area contributed by atoms with Gasteiger partial charge in [-0.05, 0) is 12.1 Å². The fourth-order valence-electron chi connectivity index (χ4n) is 2.44. The van der Waals surface area contributed by atoms with Crippen molar-refractivity contribution in [2.45, 2.75) is 12.5 Å². The second kappa shape index (κ2) is 6.03. The van der Waals surface area contributed by atoms with Gasteiger partial charge in [0.05, 0.1) is 11.0 Å². The van der Waals surface area contributed by atoms with Gasteiger partial charge in [-0.3, -0.25) is 10.1 Å². The van der Waals surface area contributed by atoms with Gasteiger partial charge in [-0.25, -0.2) is 9.37 Å². The Bertz CT molecular complexity index is 666. The number of hydrogen-bond acceptors (Lipinski definition) is 4. The molecule has 2 N–H and O–H groups in total. The first-order valence-corrected chi connectivity index (χ1v) is 8.02. The highest BCUT2D eigenvalue weighted by Gasteiger charge is 2.18. The summed E-state index contributed by atoms with van der Waals surface area (Å²) < 4.78 is 15.0. The van der Waals surface area contributed by atoms with E-state index in [1.54, 1.807) is 17.7 Å². The van der Waals surface area contributed by atoms with Crippen LogP contribution in [0.4, 0.5) is 10.3 Å². The second-order valence-electron chi connectivity index (χ2n) is 5.11. The van der Waals surface area contributed by atoms with Crippen LogP contribution in [0.25, 0.3) is 11.0 Å². The van der Waals surface area contributed by atoms with Gasteiger partial charge in [-0.1, -0.05) is 0 Å². The van der Waals surface area contributed by atoms with Crippen molar-refractivity contribution in [2.24, 2.45) is 7.05 Å². The molecule has 0 aliphatic carbocycles. The number of carbonyl (C=O) groups is 1. The van der Waals surface area contributed by atoms with E-state index in [0.29, 0.717) is 17.9 Å². The van der Waals surface area contributed by atoms with Gasteiger partial charge in [0, 0.05) is 43.6 Å². The third-order valence-corrected chi connectivity index (χ3v) is 4.66. The predicted octanol–water partition coefficient (Wildman–Crippen LogP) is 1.75. The summed E-state index contributed by atoms with van der Waals surface area (Å²) in [5.41, 5.74) is 1.33. The lowest BCUT2D eigenvalue weighted by Crippen LogP contribution is -2.40. The van der Waals surface area contributed by atoms with E-state index in [2.05, 4.69) is 15.6 Å². The number of halogens is 1. The van der Waals surface area contributed by atoms with Crippen molar-refractivity contribution in [3.05, 3.63) is 24.0 Å². The summed E-state index contributed by atoms with van der Waals surface area (Å²) in [6, 6.07) is 4.62. The summed E-state index contributed by atoms with van der Waals surface area (Å²) in [5, 5.41) is 6.13. The fourth-order valence-corrected chi connectivity index (χ4v) is 3.38. The Labute approximate surface area is 126 Å². The average Bonchev–Trinajstić information content (AvgIpc) is 2.75. The van der Waals surface area contributed by atoms with Crippen LogP contribution in [0.2, 0.25) is 0 Å². The van der Waals surface area contributed by atoms with Crippen molar-refractivity contribution in [3.8, 4) is 0 Å². The zero-order chi connectivity index (χ0) is 14.8. The summed E-state index contributed by atoms with van der Waals surface area (Å²) in [6.45, 7) is 0.939. The van der Waals surface area contributed by atoms with E-state index in [4.69, 9.17) is 0 Å². The molecule has 0 unspecified atom stereocenters. The Morgan fingerprint density at radius 2 is 2.48 bits per heavy atom. The maximum atomic E-state index is 13.2. The highest BCUT2D eigenvalue weighted by atomic mass is 32.2. The van der Waals surface area contributed by atoms with E-state index >= 15 is 0 Å². The summed E-state index contributed by atoms with van der Waals surface area (Å²) in [7, 11) is 1.80. The van der Waals surface area contributed by atoms with E-state index < -0.39 is 0 Å². The Kier molecular flexibility index (Phi) is 4.12. The molecule has 1 amide bonds. The van der Waals surface area contributed by atoms with Gasteiger partial charge in [-0.15, -0.1) is 0 Å². The Morgan fingerprint density at radius 3 is 3.24 bits per heavy atom. The highest BCUT2D eigenvalue weighted by molar-refractivity contribution is 7.99. The molecule has 1 aromatic heterocycles. The summed E-state index contributed by atoms with van der Waals surface area (Å²) in [5.74, 6) is 2.08. The number of nitrogens with zero attached hydrogens (tertiary/aromatic N) is 2. The molecule has 112 valence electrons. The number of amides is 1. The number of aromatic nitrogens is 2. The van der Waals surface area contributed by atoms with E-state index in [1.165, 1.54) is 12.1 Å². The summed E-state index contributed by atoms with van der Waals surface area (Å²) in [6.07, 6.45) is 0.421. The smallest absolute Gasteiger partial charge is 0.228 e. The zero-order valence-corrected chi connectivity index (χ0v) is 12.5. The van der Waals surface area contributed by atoms with Gasteiger partial charge in [0.15, 0.2) is 0 Å². The molecular formula is C14H17FN4OS. The van der Waals surface area contributed by atoms with Gasteiger partial charge in [0.1, 0.15) is 5.82 Å². The number of thioether (sulfide) groups is 1. The number of aryl methyl sites for hydroxylation is 1. The van der Waals surface area contributed by atoms with Crippen LogP contribution in [0.15, 0.2) is 18.2 Å². The number of rotatable bonds is 3. The van der Waals surface area contributed by atoms with Crippen molar-refractivity contribution < 1.29 is 9.18 Å². The maximum Gasteiger partial charge on any atom is 0.228 e. The van der Waals surface area contributed by atoms with Crippen molar-refractivity contribution in [2.75, 3.05) is 23.4 Å². The summed E-state index contributed by atoms with van der Waals surface area (Å²) >= 11 is 1.85. The second-order valence-corrected chi connectivity index (χ2v) is 6.26. The minimum Gasteiger partial charge on any atom is -0.313 e. The minimum absolute atomic E-state index is 0.0751. The Balaban J connectivity index is 1.72. The molecular weight excluding hydrogens is 291 g/mol. The van der Waals surface area contributed by atoms with Gasteiger partial charge in [0.25, 0.3) is 0 Å². The van der Waals surface area contributed by atoms with E-state index in [9.17, 15) is 9.18 Å². The van der Waals surface area contributed by atoms with Gasteiger partial charge < -0.3 is 9.88 Å². The molecule has 1 aliphatic heterocycles. The number of carbonyl (C=O) groups excluding carboxylic acids is 1. The van der Waals surface area contributed by atoms with Crippen LogP contribution in [0.5, 0.6) is 0 Å². The van der Waals surface area contributed by atoms with Gasteiger partial charge in [-0.2, -0.15) is 11.8 Å². The quantitative estimate of drug-likeness (QED) is 0.907. The monoisotopic (exact) mass is 308 g/mol. The topological polar surface area (TPSA) is 59.0 Å². The fraction of sp³-hybridized carbons (Fsp3) is 0.429. The molecule has 2 aromatic rings. The molecule has 0 bridgehead atoms. The lowest BCUT2D eigenvalue weighted by Gasteiger charge is -2.22. The largest absolute Gasteiger partial charge is 0.313 e. The standard InChI is InChI=1S/C14H17FN4OS/c1-19-12-3-2-9(15)6-11(12)17-14(19)18-13(20)7-10-8-21-5-4-16-10/h2-3,6,10,16H,4-5,7-8H2,1H3,(H,17,18,20)/t10-/m0/s1. The van der Waals surface area contributed by atoms with Crippen molar-refractivity contribution >= 4 is 34.7 Å². The Morgan fingerprint density at radius 1 is 1.62 bits per heavy atom. The highest BCUT2D eigenvalue weighted by Crippen LogP contribution is 2.19. The minimum atomic E-state index is -0.332. The number of imidazole rings is 1. The lowest BCUT2D eigenvalue weighted by molar-refractivity contribution is -0.116. The number of anilines is 1. The first kappa shape index (κ1) is 14.3. The van der Waals surface area contributed by atoms with Crippen LogP contribution in [0.1, 0.15) is 6.42 Å². The van der Waals surface area contributed by atoms with Crippen molar-refractivity contribution in [3.63, 3.8) is 0 Å². The van der Waals surface area contributed by atoms with Crippen LogP contribution in [-0.2, 0) is 11.8 Å². The molecule has 5 nitrogen and oxygen atoms in total. The molecule has 1 aromatic carbocycles. The SMILES string of the molecule is Cn1c(NC(=O)C[C@H]2CSCCN2)nc2cc(F)ccc21. The molecule has 0 spiro atoms. The predicted molar refractivity (Wildman–Crippen MR) is 83.0 cm³/mol. The molecule has 2 heterocycles. The zero-order valence-electron chi connectivity index (χ0n) is 11.7. The normalized spacial score (nSPS) is 18.9. The van der Waals surface area contributed by atoms with Crippen LogP contribution >= 0.6 is 11.8 Å². The number of benzene rings is 1. The number of nitrogens with one attached hydrogen (secondary N) is 2. The molecule has 3 rings (SSSR count). The van der Waals surface area contributed by atoms with E-state index in [-0.39, 0.29) is 17.8 Å². The van der Waals surface area contributed by atoms with Gasteiger partial charge in [0.2, 0.25) is 11.9 Å². The van der Waals surface area contributed by atoms with Crippen LogP contribution in [0.3, 0.4) is 0 Å². The third-order valence-electron chi connectivity index (χ3n) is 3.52. The van der Waals surface area contributed by atoms with Crippen molar-refractivity contribution in [1.29, 1.82) is 0 Å². The van der Waals surface area contributed by atoms with Gasteiger partial charge >= 0.3 is 0 Å². The molecule has 0 saturated carbocycles. The number of hydrogen-bond donors (Lipinski definition) is 2. The molecule has 21 heavy (non-hydrogen) atoms. The molecule has 1 aliphatic rings. The third kappa shape index (κ3) is 3.19. The molecule has 1 saturated heterocycles. The molecule has 7 heteroatoms. The summed E-state index contributed by atoms with van der Waals surface area (Å²) in [4.78, 5) is 16.4. The van der Waals surface area contributed by atoms with Crippen LogP contribution in [0, 0.1) is 5.82 Å². The van der Waals surface area contributed by atoms with E-state index in [1.807, 2.05) is 11.8 Å². The molecule has 0 radical (unpaired) electrons. The first-order chi connectivity index (χ1) is 10.1. The Hall–Kier alpha value is -1.60. The molecule has 1 atom stereocenters. The lowest BCUT2D eigenvalue weighted by atomic mass is 10.2. The number of fused-ring (bicyclic) bond motifs is 1. The first-order valence-electron chi connectivity index (χ1n) is 6.86. The van der Waals surface area contributed by atoms with Crippen molar-refractivity contribution in [1.82, 2.24) is 14.9 Å². The van der Waals surface area contributed by atoms with Crippen LogP contribution < -0.4 is 10.6 Å². The maximum absolute atomic E-state index is 13.2. The van der Waals surface area contributed by atoms with Crippen LogP contribution in [-0.4, -0.2) is 39.6 Å². The molecule has 1 fully saturated rings. The average molecular weight is 308 g/mol. The van der Waals surface area contributed by atoms with E-state index in [0.717, 1.165) is 23.6 Å².